The topological polar surface area (TPSA) is 326 Å². The number of carbonyl (C=O) groups excluding carboxylic acids is 1. The number of amides is 2. The number of urea groups is 1. The van der Waals surface area contributed by atoms with Gasteiger partial charge in [0.25, 0.3) is 20.2 Å². The first-order valence-corrected chi connectivity index (χ1v) is 24.6. The zero-order valence-corrected chi connectivity index (χ0v) is 39.5. The van der Waals surface area contributed by atoms with Crippen LogP contribution in [-0.4, -0.2) is 42.5 Å². The number of rotatable bonds is 18. The lowest BCUT2D eigenvalue weighted by Gasteiger charge is -2.08. The fourth-order valence-corrected chi connectivity index (χ4v) is 8.22. The number of fused-ring (bicyclic) bond motifs is 2. The van der Waals surface area contributed by atoms with E-state index in [1.807, 2.05) is 0 Å². The molecule has 0 aliphatic rings. The summed E-state index contributed by atoms with van der Waals surface area (Å²) in [5.74, 6) is 0. The van der Waals surface area contributed by atoms with Crippen LogP contribution in [0, 0.1) is 0 Å². The van der Waals surface area contributed by atoms with Gasteiger partial charge in [0.15, 0.2) is 0 Å². The number of azo groups is 4. The third kappa shape index (κ3) is 13.3. The number of nitrogens with zero attached hydrogens (tertiary/aromatic N) is 8. The molecule has 72 heavy (non-hydrogen) atoms. The standard InChI is InChI=1S/C45H32N10O13S4/c56-45(46-27-1-5-29(6-2-27)48-54-43-23-21-41(37-19-15-34(25-39(37)43)70-68-66-58)52-51-32-11-16-35(17-12-32)71(59,60)61)47-28-3-7-30(8-4-28)49-55-44-24-22-42(38-20-18-36(26-40(38)44)72(62,63)64)53-50-31-9-13-33(14-10-31)69-67-65-57/h1-26,57-58H,(H2,46,47,56)(H,59,60,61)(H,62,63,64). The molecule has 0 fully saturated rings. The first-order chi connectivity index (χ1) is 34.7. The molecule has 23 nitrogen and oxygen atoms in total. The summed E-state index contributed by atoms with van der Waals surface area (Å²) < 4.78 is 74.9. The molecule has 0 unspecified atom stereocenters. The minimum atomic E-state index is -4.57. The molecule has 0 bridgehead atoms. The van der Waals surface area contributed by atoms with Crippen molar-refractivity contribution >= 4 is 129 Å². The van der Waals surface area contributed by atoms with Crippen molar-refractivity contribution < 1.29 is 60.0 Å². The number of hydrogen-bond donors (Lipinski definition) is 6. The summed E-state index contributed by atoms with van der Waals surface area (Å²) >= 11 is 1.52. The van der Waals surface area contributed by atoms with Gasteiger partial charge in [-0.2, -0.15) is 37.3 Å². The Morgan fingerprint density at radius 2 is 0.750 bits per heavy atom. The highest BCUT2D eigenvalue weighted by atomic mass is 32.2. The highest BCUT2D eigenvalue weighted by molar-refractivity contribution is 7.94. The van der Waals surface area contributed by atoms with Gasteiger partial charge in [0.1, 0.15) is 0 Å². The van der Waals surface area contributed by atoms with Gasteiger partial charge in [-0.25, -0.2) is 15.3 Å². The molecule has 0 saturated carbocycles. The second-order valence-electron chi connectivity index (χ2n) is 14.5. The van der Waals surface area contributed by atoms with E-state index in [2.05, 4.69) is 70.3 Å². The molecule has 6 N–H and O–H groups in total. The Kier molecular flexibility index (Phi) is 16.2. The fraction of sp³-hybridized carbons (Fsp3) is 0. The van der Waals surface area contributed by atoms with Gasteiger partial charge in [0.2, 0.25) is 0 Å². The van der Waals surface area contributed by atoms with Gasteiger partial charge in [0.05, 0.1) is 79.4 Å². The summed E-state index contributed by atoms with van der Waals surface area (Å²) in [7, 11) is -8.94. The predicted octanol–water partition coefficient (Wildman–Crippen LogP) is 14.6. The predicted molar refractivity (Wildman–Crippen MR) is 264 cm³/mol. The molecule has 8 aromatic rings. The summed E-state index contributed by atoms with van der Waals surface area (Å²) in [6, 6.07) is 39.8. The quantitative estimate of drug-likeness (QED) is 0.0153. The van der Waals surface area contributed by atoms with Crippen molar-refractivity contribution in [3.8, 4) is 0 Å². The molecule has 0 saturated heterocycles. The molecular formula is C45H32N10O13S4. The van der Waals surface area contributed by atoms with Gasteiger partial charge in [-0.15, -0.1) is 29.1 Å². The van der Waals surface area contributed by atoms with E-state index in [4.69, 9.17) is 10.5 Å². The number of benzene rings is 8. The Labute approximate surface area is 415 Å². The molecular weight excluding hydrogens is 1020 g/mol. The fourth-order valence-electron chi connectivity index (χ4n) is 6.48. The van der Waals surface area contributed by atoms with Crippen molar-refractivity contribution in [3.05, 3.63) is 158 Å². The lowest BCUT2D eigenvalue weighted by molar-refractivity contribution is -0.432. The summed E-state index contributed by atoms with van der Waals surface area (Å²) in [5, 5.41) is 66.3. The minimum absolute atomic E-state index is 0.266. The molecule has 8 rings (SSSR count). The third-order valence-corrected chi connectivity index (χ3v) is 12.7. The van der Waals surface area contributed by atoms with Crippen LogP contribution in [0.4, 0.5) is 61.7 Å². The maximum Gasteiger partial charge on any atom is 0.323 e. The molecule has 0 aliphatic carbocycles. The second kappa shape index (κ2) is 23.0. The molecule has 0 atom stereocenters. The zero-order chi connectivity index (χ0) is 50.7. The first-order valence-electron chi connectivity index (χ1n) is 20.3. The SMILES string of the molecule is O=C(Nc1ccc(N=Nc2ccc(N=Nc3ccc(S(=O)(=O)O)cc3)c3ccc(SOOO)cc23)cc1)Nc1ccc(N=Nc2ccc(N=Nc3ccc(SOOO)cc3)c3ccc(S(=O)(=O)O)cc23)cc1. The average molecular weight is 1050 g/mol. The third-order valence-electron chi connectivity index (χ3n) is 9.82. The van der Waals surface area contributed by atoms with Crippen LogP contribution in [0.15, 0.2) is 218 Å². The largest absolute Gasteiger partial charge is 0.323 e. The van der Waals surface area contributed by atoms with E-state index in [0.29, 0.717) is 82.5 Å². The molecule has 0 aliphatic heterocycles. The Hall–Kier alpha value is -7.77. The van der Waals surface area contributed by atoms with E-state index in [1.54, 1.807) is 115 Å². The molecule has 0 radical (unpaired) electrons. The molecule has 0 spiro atoms. The van der Waals surface area contributed by atoms with Crippen LogP contribution in [0.2, 0.25) is 0 Å². The Balaban J connectivity index is 0.912. The van der Waals surface area contributed by atoms with Crippen LogP contribution in [-0.2, 0) is 39.0 Å². The minimum Gasteiger partial charge on any atom is -0.308 e. The van der Waals surface area contributed by atoms with Crippen LogP contribution in [0.1, 0.15) is 0 Å². The molecule has 27 heteroatoms. The van der Waals surface area contributed by atoms with Gasteiger partial charge in [-0.3, -0.25) is 9.11 Å². The normalized spacial score (nSPS) is 12.3. The number of hydrogen-bond acceptors (Lipinski definition) is 21. The van der Waals surface area contributed by atoms with E-state index < -0.39 is 26.3 Å². The highest BCUT2D eigenvalue weighted by Gasteiger charge is 2.15. The van der Waals surface area contributed by atoms with Crippen molar-refractivity contribution in [3.63, 3.8) is 0 Å². The van der Waals surface area contributed by atoms with E-state index in [-0.39, 0.29) is 15.5 Å². The van der Waals surface area contributed by atoms with E-state index in [0.717, 1.165) is 24.1 Å². The maximum atomic E-state index is 12.9. The lowest BCUT2D eigenvalue weighted by Crippen LogP contribution is -2.19. The van der Waals surface area contributed by atoms with Gasteiger partial charge >= 0.3 is 6.03 Å². The highest BCUT2D eigenvalue weighted by Crippen LogP contribution is 2.39. The molecule has 0 aromatic heterocycles. The van der Waals surface area contributed by atoms with Crippen molar-refractivity contribution in [1.29, 1.82) is 0 Å². The monoisotopic (exact) mass is 1050 g/mol. The first kappa shape index (κ1) is 50.6. The number of carbonyl (C=O) groups is 1. The summed E-state index contributed by atoms with van der Waals surface area (Å²) in [5.41, 5.74) is 4.05. The van der Waals surface area contributed by atoms with Crippen LogP contribution < -0.4 is 10.6 Å². The van der Waals surface area contributed by atoms with Crippen LogP contribution in [0.25, 0.3) is 21.5 Å². The average Bonchev–Trinajstić information content (AvgIpc) is 3.38. The molecule has 364 valence electrons. The van der Waals surface area contributed by atoms with Crippen LogP contribution in [0.5, 0.6) is 0 Å². The van der Waals surface area contributed by atoms with Gasteiger partial charge in [0, 0.05) is 42.7 Å². The summed E-state index contributed by atoms with van der Waals surface area (Å²) in [6.07, 6.45) is 0. The van der Waals surface area contributed by atoms with Crippen molar-refractivity contribution in [1.82, 2.24) is 0 Å². The van der Waals surface area contributed by atoms with E-state index in [1.165, 1.54) is 42.5 Å². The maximum absolute atomic E-state index is 12.9. The second-order valence-corrected chi connectivity index (χ2v) is 18.9. The number of nitrogens with one attached hydrogen (secondary N) is 2. The Morgan fingerprint density at radius 3 is 1.18 bits per heavy atom. The Morgan fingerprint density at radius 1 is 0.403 bits per heavy atom. The zero-order valence-electron chi connectivity index (χ0n) is 36.2. The molecule has 0 heterocycles. The van der Waals surface area contributed by atoms with Gasteiger partial charge in [-0.1, -0.05) is 22.2 Å². The Bertz CT molecular complexity index is 3630. The van der Waals surface area contributed by atoms with Crippen molar-refractivity contribution in [2.75, 3.05) is 10.6 Å². The van der Waals surface area contributed by atoms with Gasteiger partial charge in [-0.05, 0) is 146 Å². The number of anilines is 2. The van der Waals surface area contributed by atoms with Crippen LogP contribution in [0.3, 0.4) is 0 Å². The van der Waals surface area contributed by atoms with Crippen molar-refractivity contribution in [2.24, 2.45) is 40.9 Å². The summed E-state index contributed by atoms with van der Waals surface area (Å²) in [6.45, 7) is 0. The summed E-state index contributed by atoms with van der Waals surface area (Å²) in [4.78, 5) is 13.5. The van der Waals surface area contributed by atoms with Crippen LogP contribution >= 0.6 is 24.1 Å². The van der Waals surface area contributed by atoms with E-state index >= 15 is 0 Å². The smallest absolute Gasteiger partial charge is 0.308 e. The molecule has 2 amide bonds. The van der Waals surface area contributed by atoms with Crippen molar-refractivity contribution in [2.45, 2.75) is 19.6 Å². The molecule has 8 aromatic carbocycles. The lowest BCUT2D eigenvalue weighted by atomic mass is 10.1. The van der Waals surface area contributed by atoms with Gasteiger partial charge < -0.3 is 10.6 Å². The van der Waals surface area contributed by atoms with E-state index in [9.17, 15) is 30.7 Å².